The van der Waals surface area contributed by atoms with E-state index in [1.165, 1.54) is 25.2 Å². The van der Waals surface area contributed by atoms with Gasteiger partial charge in [-0.15, -0.1) is 0 Å². The molecule has 160 valence electrons. The molecule has 0 spiro atoms. The zero-order valence-corrected chi connectivity index (χ0v) is 16.4. The Kier molecular flexibility index (Phi) is 5.96. The van der Waals surface area contributed by atoms with Gasteiger partial charge in [-0.3, -0.25) is 4.79 Å². The molecule has 0 aliphatic heterocycles. The number of hydrogen-bond acceptors (Lipinski definition) is 5. The molecule has 31 heavy (non-hydrogen) atoms. The number of aldehydes is 1. The second-order valence-electron chi connectivity index (χ2n) is 6.48. The topological polar surface area (TPSA) is 81.4 Å². The molecule has 0 atom stereocenters. The van der Waals surface area contributed by atoms with Gasteiger partial charge in [0.2, 0.25) is 0 Å². The van der Waals surface area contributed by atoms with E-state index in [9.17, 15) is 27.2 Å². The van der Waals surface area contributed by atoms with Crippen LogP contribution in [-0.2, 0) is 4.74 Å². The maximum absolute atomic E-state index is 15.0. The van der Waals surface area contributed by atoms with Gasteiger partial charge in [0, 0.05) is 12.6 Å². The number of ether oxygens (including phenoxy) is 1. The standard InChI is InChI=1S/C22H16F4N2O3/c1-28-21-13(22(30)31-2)7-12(8-14(21)27)16-19(25)17(23)15(18(24)20(16)26)11-5-3-4-10(6-11)9-29/h3-9,28H,27H2,1-2H3. The van der Waals surface area contributed by atoms with Gasteiger partial charge in [-0.1, -0.05) is 18.2 Å². The Morgan fingerprint density at radius 3 is 2.06 bits per heavy atom. The number of nitrogens with one attached hydrogen (secondary N) is 1. The lowest BCUT2D eigenvalue weighted by Crippen LogP contribution is -2.10. The van der Waals surface area contributed by atoms with Crippen LogP contribution in [0.1, 0.15) is 20.7 Å². The summed E-state index contributed by atoms with van der Waals surface area (Å²) in [6.45, 7) is 0. The molecule has 0 bridgehead atoms. The zero-order chi connectivity index (χ0) is 22.9. The van der Waals surface area contributed by atoms with Gasteiger partial charge >= 0.3 is 5.97 Å². The molecule has 0 saturated heterocycles. The third-order valence-electron chi connectivity index (χ3n) is 4.69. The van der Waals surface area contributed by atoms with Crippen molar-refractivity contribution in [3.8, 4) is 22.3 Å². The smallest absolute Gasteiger partial charge is 0.340 e. The summed E-state index contributed by atoms with van der Waals surface area (Å²) in [4.78, 5) is 23.0. The third-order valence-corrected chi connectivity index (χ3v) is 4.69. The molecule has 3 rings (SSSR count). The van der Waals surface area contributed by atoms with Crippen LogP contribution in [0.2, 0.25) is 0 Å². The van der Waals surface area contributed by atoms with Crippen LogP contribution in [0.3, 0.4) is 0 Å². The van der Waals surface area contributed by atoms with Crippen molar-refractivity contribution in [3.05, 3.63) is 70.8 Å². The highest BCUT2D eigenvalue weighted by molar-refractivity contribution is 6.01. The van der Waals surface area contributed by atoms with Crippen molar-refractivity contribution in [2.45, 2.75) is 0 Å². The summed E-state index contributed by atoms with van der Waals surface area (Å²) in [7, 11) is 2.55. The summed E-state index contributed by atoms with van der Waals surface area (Å²) in [5.41, 5.74) is 3.20. The number of nitrogens with two attached hydrogens (primary N) is 1. The van der Waals surface area contributed by atoms with E-state index in [-0.39, 0.29) is 33.6 Å². The fraction of sp³-hybridized carbons (Fsp3) is 0.0909. The molecular weight excluding hydrogens is 416 g/mol. The van der Waals surface area contributed by atoms with Crippen molar-refractivity contribution in [1.82, 2.24) is 0 Å². The quantitative estimate of drug-likeness (QED) is 0.199. The predicted octanol–water partition coefficient (Wildman–Crippen LogP) is 4.80. The van der Waals surface area contributed by atoms with E-state index in [1.807, 2.05) is 0 Å². The molecule has 0 heterocycles. The van der Waals surface area contributed by atoms with Crippen molar-refractivity contribution < 1.29 is 31.9 Å². The average molecular weight is 432 g/mol. The van der Waals surface area contributed by atoms with Gasteiger partial charge in [0.15, 0.2) is 23.3 Å². The van der Waals surface area contributed by atoms with Crippen LogP contribution in [0.4, 0.5) is 28.9 Å². The molecule has 0 aliphatic rings. The van der Waals surface area contributed by atoms with Crippen molar-refractivity contribution in [1.29, 1.82) is 0 Å². The summed E-state index contributed by atoms with van der Waals surface area (Å²) < 4.78 is 64.3. The first-order valence-corrected chi connectivity index (χ1v) is 8.86. The number of carbonyl (C=O) groups is 2. The predicted molar refractivity (Wildman–Crippen MR) is 108 cm³/mol. The van der Waals surface area contributed by atoms with E-state index in [0.717, 1.165) is 25.3 Å². The molecule has 5 nitrogen and oxygen atoms in total. The first-order valence-electron chi connectivity index (χ1n) is 8.86. The number of nitrogen functional groups attached to an aromatic ring is 1. The lowest BCUT2D eigenvalue weighted by Gasteiger charge is -2.16. The van der Waals surface area contributed by atoms with Gasteiger partial charge in [0.05, 0.1) is 35.2 Å². The van der Waals surface area contributed by atoms with Crippen molar-refractivity contribution in [3.63, 3.8) is 0 Å². The van der Waals surface area contributed by atoms with Gasteiger partial charge in [0.1, 0.15) is 6.29 Å². The maximum atomic E-state index is 15.0. The monoisotopic (exact) mass is 432 g/mol. The van der Waals surface area contributed by atoms with Gasteiger partial charge in [-0.2, -0.15) is 0 Å². The Morgan fingerprint density at radius 1 is 0.968 bits per heavy atom. The molecule has 0 aliphatic carbocycles. The van der Waals surface area contributed by atoms with E-state index < -0.39 is 40.4 Å². The molecule has 3 aromatic carbocycles. The number of anilines is 2. The van der Waals surface area contributed by atoms with E-state index in [0.29, 0.717) is 6.29 Å². The van der Waals surface area contributed by atoms with Crippen LogP contribution in [0, 0.1) is 23.3 Å². The van der Waals surface area contributed by atoms with Crippen molar-refractivity contribution in [2.75, 3.05) is 25.2 Å². The Morgan fingerprint density at radius 2 is 1.55 bits per heavy atom. The number of methoxy groups -OCH3 is 1. The van der Waals surface area contributed by atoms with E-state index in [2.05, 4.69) is 10.1 Å². The molecule has 0 amide bonds. The Hall–Kier alpha value is -3.88. The van der Waals surface area contributed by atoms with E-state index in [1.54, 1.807) is 0 Å². The van der Waals surface area contributed by atoms with E-state index >= 15 is 0 Å². The summed E-state index contributed by atoms with van der Waals surface area (Å²) in [6, 6.07) is 7.09. The first-order chi connectivity index (χ1) is 14.7. The molecule has 0 saturated carbocycles. The highest BCUT2D eigenvalue weighted by atomic mass is 19.2. The third kappa shape index (κ3) is 3.70. The number of rotatable bonds is 5. The number of halogens is 4. The minimum Gasteiger partial charge on any atom is -0.465 e. The molecule has 9 heteroatoms. The molecule has 3 N–H and O–H groups in total. The number of benzene rings is 3. The van der Waals surface area contributed by atoms with Crippen molar-refractivity contribution >= 4 is 23.6 Å². The van der Waals surface area contributed by atoms with Crippen LogP contribution in [-0.4, -0.2) is 26.4 Å². The van der Waals surface area contributed by atoms with E-state index in [4.69, 9.17) is 5.73 Å². The summed E-state index contributed by atoms with van der Waals surface area (Å²) >= 11 is 0. The number of hydrogen-bond donors (Lipinski definition) is 2. The molecular formula is C22H16F4N2O3. The zero-order valence-electron chi connectivity index (χ0n) is 16.4. The fourth-order valence-corrected chi connectivity index (χ4v) is 3.26. The Labute approximate surface area is 174 Å². The van der Waals surface area contributed by atoms with Crippen LogP contribution >= 0.6 is 0 Å². The molecule has 0 aromatic heterocycles. The highest BCUT2D eigenvalue weighted by Gasteiger charge is 2.28. The van der Waals surface area contributed by atoms with Gasteiger partial charge in [-0.05, 0) is 29.3 Å². The average Bonchev–Trinajstić information content (AvgIpc) is 2.77. The number of carbonyl (C=O) groups excluding carboxylic acids is 2. The summed E-state index contributed by atoms with van der Waals surface area (Å²) in [5, 5.41) is 2.66. The lowest BCUT2D eigenvalue weighted by molar-refractivity contribution is 0.0602. The molecule has 0 radical (unpaired) electrons. The van der Waals surface area contributed by atoms with Crippen LogP contribution < -0.4 is 11.1 Å². The normalized spacial score (nSPS) is 10.6. The van der Waals surface area contributed by atoms with Crippen LogP contribution in [0.5, 0.6) is 0 Å². The largest absolute Gasteiger partial charge is 0.465 e. The Balaban J connectivity index is 2.31. The number of esters is 1. The molecule has 0 unspecified atom stereocenters. The lowest BCUT2D eigenvalue weighted by atomic mass is 9.94. The fourth-order valence-electron chi connectivity index (χ4n) is 3.26. The van der Waals surface area contributed by atoms with Gasteiger partial charge in [-0.25, -0.2) is 22.4 Å². The van der Waals surface area contributed by atoms with Crippen LogP contribution in [0.25, 0.3) is 22.3 Å². The van der Waals surface area contributed by atoms with Gasteiger partial charge < -0.3 is 15.8 Å². The van der Waals surface area contributed by atoms with Crippen LogP contribution in [0.15, 0.2) is 36.4 Å². The second-order valence-corrected chi connectivity index (χ2v) is 6.48. The van der Waals surface area contributed by atoms with Crippen molar-refractivity contribution in [2.24, 2.45) is 0 Å². The highest BCUT2D eigenvalue weighted by Crippen LogP contribution is 2.39. The second kappa shape index (κ2) is 8.47. The molecule has 0 fully saturated rings. The minimum atomic E-state index is -1.68. The maximum Gasteiger partial charge on any atom is 0.340 e. The van der Waals surface area contributed by atoms with Gasteiger partial charge in [0.25, 0.3) is 0 Å². The summed E-state index contributed by atoms with van der Waals surface area (Å²) in [5.74, 6) is -7.56. The first kappa shape index (κ1) is 21.8. The summed E-state index contributed by atoms with van der Waals surface area (Å²) in [6.07, 6.45) is 0.431. The Bertz CT molecular complexity index is 1180. The SMILES string of the molecule is CNc1c(N)cc(-c2c(F)c(F)c(-c3cccc(C=O)c3)c(F)c2F)cc1C(=O)OC. The molecule has 3 aromatic rings. The minimum absolute atomic E-state index is 0.0688.